The zero-order valence-electron chi connectivity index (χ0n) is 11.9. The number of carboxylic acid groups (broad SMARTS) is 3. The molecule has 0 aromatic rings. The Bertz CT molecular complexity index is 452. The fraction of sp³-hybridized carbons (Fsp3) is 0.769. The van der Waals surface area contributed by atoms with Crippen LogP contribution >= 0.6 is 0 Å². The lowest BCUT2D eigenvalue weighted by molar-refractivity contribution is -0.179. The second-order valence-corrected chi connectivity index (χ2v) is 5.51. The van der Waals surface area contributed by atoms with Crippen molar-refractivity contribution in [2.24, 2.45) is 0 Å². The molecule has 2 aliphatic rings. The lowest BCUT2D eigenvalue weighted by Gasteiger charge is -2.36. The van der Waals surface area contributed by atoms with E-state index in [-0.39, 0.29) is 18.6 Å². The van der Waals surface area contributed by atoms with Gasteiger partial charge in [0.15, 0.2) is 0 Å². The number of fused-ring (bicyclic) bond motifs is 1. The van der Waals surface area contributed by atoms with Crippen LogP contribution in [0.3, 0.4) is 0 Å². The lowest BCUT2D eigenvalue weighted by Crippen LogP contribution is -2.66. The number of carboxylic acids is 3. The van der Waals surface area contributed by atoms with Crippen LogP contribution in [-0.4, -0.2) is 73.9 Å². The molecule has 0 bridgehead atoms. The third-order valence-corrected chi connectivity index (χ3v) is 4.57. The summed E-state index contributed by atoms with van der Waals surface area (Å²) in [5.41, 5.74) is -2.28. The highest BCUT2D eigenvalue weighted by molar-refractivity contribution is 6.03. The third kappa shape index (κ3) is 2.18. The van der Waals surface area contributed by atoms with Crippen molar-refractivity contribution in [3.8, 4) is 0 Å². The van der Waals surface area contributed by atoms with E-state index in [2.05, 4.69) is 0 Å². The summed E-state index contributed by atoms with van der Waals surface area (Å²) in [6.45, 7) is 1.36. The van der Waals surface area contributed by atoms with Gasteiger partial charge in [0.1, 0.15) is 0 Å². The van der Waals surface area contributed by atoms with E-state index in [4.69, 9.17) is 5.11 Å². The van der Waals surface area contributed by atoms with Crippen molar-refractivity contribution in [1.82, 2.24) is 9.80 Å². The summed E-state index contributed by atoms with van der Waals surface area (Å²) in [7, 11) is 0. The van der Waals surface area contributed by atoms with Gasteiger partial charge in [-0.25, -0.2) is 9.59 Å². The van der Waals surface area contributed by atoms with Crippen LogP contribution < -0.4 is 0 Å². The van der Waals surface area contributed by atoms with Gasteiger partial charge in [0.05, 0.1) is 6.54 Å². The van der Waals surface area contributed by atoms with E-state index in [1.54, 1.807) is 6.92 Å². The molecule has 1 heterocycles. The van der Waals surface area contributed by atoms with E-state index in [9.17, 15) is 24.6 Å². The number of rotatable bonds is 5. The van der Waals surface area contributed by atoms with Crippen LogP contribution in [0.25, 0.3) is 0 Å². The van der Waals surface area contributed by atoms with Gasteiger partial charge in [0, 0.05) is 12.1 Å². The monoisotopic (exact) mass is 300 g/mol. The standard InChI is InChI=1S/C13H20N2O6/c1-2-14-8-5-3-4-6-9(8)15(7-10(16)17)13(14,11(18)19)12(20)21/h8-9H,2-7H2,1H3,(H,16,17)(H,18,19)(H,20,21). The minimum atomic E-state index is -2.28. The molecule has 0 aromatic carbocycles. The first-order chi connectivity index (χ1) is 9.87. The van der Waals surface area contributed by atoms with E-state index >= 15 is 0 Å². The molecule has 2 unspecified atom stereocenters. The molecule has 1 saturated heterocycles. The van der Waals surface area contributed by atoms with Crippen molar-refractivity contribution in [3.05, 3.63) is 0 Å². The number of hydrogen-bond donors (Lipinski definition) is 3. The second kappa shape index (κ2) is 5.61. The van der Waals surface area contributed by atoms with Gasteiger partial charge < -0.3 is 15.3 Å². The predicted molar refractivity (Wildman–Crippen MR) is 70.8 cm³/mol. The SMILES string of the molecule is CCN1C2CCCCC2N(CC(=O)O)C1(C(=O)O)C(=O)O. The maximum absolute atomic E-state index is 11.8. The van der Waals surface area contributed by atoms with Crippen LogP contribution in [0.5, 0.6) is 0 Å². The normalized spacial score (nSPS) is 29.0. The fourth-order valence-electron chi connectivity index (χ4n) is 3.89. The average molecular weight is 300 g/mol. The Balaban J connectivity index is 2.56. The molecule has 2 rings (SSSR count). The highest BCUT2D eigenvalue weighted by atomic mass is 16.4. The third-order valence-electron chi connectivity index (χ3n) is 4.57. The summed E-state index contributed by atoms with van der Waals surface area (Å²) in [5.74, 6) is -4.26. The van der Waals surface area contributed by atoms with Gasteiger partial charge in [0.2, 0.25) is 0 Å². The van der Waals surface area contributed by atoms with Gasteiger partial charge in [-0.05, 0) is 19.4 Å². The molecular formula is C13H20N2O6. The molecule has 1 aliphatic carbocycles. The average Bonchev–Trinajstić information content (AvgIpc) is 2.69. The maximum atomic E-state index is 11.8. The zero-order chi connectivity index (χ0) is 15.8. The number of carbonyl (C=O) groups is 3. The van der Waals surface area contributed by atoms with Crippen LogP contribution in [0.2, 0.25) is 0 Å². The quantitative estimate of drug-likeness (QED) is 0.602. The summed E-state index contributed by atoms with van der Waals surface area (Å²) in [6.07, 6.45) is 3.06. The van der Waals surface area contributed by atoms with Crippen molar-refractivity contribution in [2.45, 2.75) is 50.4 Å². The molecule has 3 N–H and O–H groups in total. The van der Waals surface area contributed by atoms with E-state index < -0.39 is 30.1 Å². The smallest absolute Gasteiger partial charge is 0.351 e. The van der Waals surface area contributed by atoms with Gasteiger partial charge in [0.25, 0.3) is 5.66 Å². The van der Waals surface area contributed by atoms with Gasteiger partial charge >= 0.3 is 17.9 Å². The Morgan fingerprint density at radius 3 is 1.86 bits per heavy atom. The summed E-state index contributed by atoms with van der Waals surface area (Å²) >= 11 is 0. The first kappa shape index (κ1) is 15.7. The molecule has 118 valence electrons. The van der Waals surface area contributed by atoms with Gasteiger partial charge in [-0.2, -0.15) is 0 Å². The Labute approximate surface area is 121 Å². The zero-order valence-corrected chi connectivity index (χ0v) is 11.9. The first-order valence-corrected chi connectivity index (χ1v) is 7.09. The first-order valence-electron chi connectivity index (χ1n) is 7.09. The molecule has 1 aliphatic heterocycles. The van der Waals surface area contributed by atoms with Crippen LogP contribution in [-0.2, 0) is 14.4 Å². The molecule has 0 aromatic heterocycles. The molecular weight excluding hydrogens is 280 g/mol. The van der Waals surface area contributed by atoms with Crippen molar-refractivity contribution in [2.75, 3.05) is 13.1 Å². The van der Waals surface area contributed by atoms with Crippen molar-refractivity contribution in [3.63, 3.8) is 0 Å². The maximum Gasteiger partial charge on any atom is 0.351 e. The van der Waals surface area contributed by atoms with E-state index in [0.717, 1.165) is 17.7 Å². The van der Waals surface area contributed by atoms with Crippen molar-refractivity contribution in [1.29, 1.82) is 0 Å². The molecule has 2 fully saturated rings. The molecule has 0 amide bonds. The van der Waals surface area contributed by atoms with Crippen LogP contribution in [0, 0.1) is 0 Å². The Hall–Kier alpha value is -1.67. The largest absolute Gasteiger partial charge is 0.480 e. The summed E-state index contributed by atoms with van der Waals surface area (Å²) < 4.78 is 0. The predicted octanol–water partition coefficient (Wildman–Crippen LogP) is -0.115. The summed E-state index contributed by atoms with van der Waals surface area (Å²) in [4.78, 5) is 37.3. The molecule has 0 radical (unpaired) electrons. The van der Waals surface area contributed by atoms with Crippen LogP contribution in [0.15, 0.2) is 0 Å². The molecule has 2 atom stereocenters. The highest BCUT2D eigenvalue weighted by Crippen LogP contribution is 2.42. The minimum absolute atomic E-state index is 0.227. The molecule has 0 spiro atoms. The topological polar surface area (TPSA) is 118 Å². The van der Waals surface area contributed by atoms with Gasteiger partial charge in [-0.1, -0.05) is 19.8 Å². The van der Waals surface area contributed by atoms with E-state index in [1.165, 1.54) is 4.90 Å². The highest BCUT2D eigenvalue weighted by Gasteiger charge is 2.66. The van der Waals surface area contributed by atoms with Crippen molar-refractivity contribution < 1.29 is 29.7 Å². The number of aliphatic carboxylic acids is 3. The van der Waals surface area contributed by atoms with Crippen LogP contribution in [0.1, 0.15) is 32.6 Å². The van der Waals surface area contributed by atoms with E-state index in [1.807, 2.05) is 0 Å². The second-order valence-electron chi connectivity index (χ2n) is 5.51. The minimum Gasteiger partial charge on any atom is -0.480 e. The Morgan fingerprint density at radius 1 is 1.00 bits per heavy atom. The van der Waals surface area contributed by atoms with Gasteiger partial charge in [-0.15, -0.1) is 0 Å². The summed E-state index contributed by atoms with van der Waals surface area (Å²) in [6, 6.07) is -0.572. The van der Waals surface area contributed by atoms with Crippen LogP contribution in [0.4, 0.5) is 0 Å². The Morgan fingerprint density at radius 2 is 1.48 bits per heavy atom. The Kier molecular flexibility index (Phi) is 4.20. The van der Waals surface area contributed by atoms with Gasteiger partial charge in [-0.3, -0.25) is 14.6 Å². The fourth-order valence-corrected chi connectivity index (χ4v) is 3.89. The van der Waals surface area contributed by atoms with E-state index in [0.29, 0.717) is 12.8 Å². The summed E-state index contributed by atoms with van der Waals surface area (Å²) in [5, 5.41) is 28.3. The lowest BCUT2D eigenvalue weighted by atomic mass is 9.90. The van der Waals surface area contributed by atoms with Crippen molar-refractivity contribution >= 4 is 17.9 Å². The number of nitrogens with zero attached hydrogens (tertiary/aromatic N) is 2. The molecule has 1 saturated carbocycles. The molecule has 8 heteroatoms. The molecule has 8 nitrogen and oxygen atoms in total. The number of hydrogen-bond acceptors (Lipinski definition) is 5. The number of likely N-dealkylation sites (N-methyl/N-ethyl adjacent to an activating group) is 1. The molecule has 21 heavy (non-hydrogen) atoms.